The summed E-state index contributed by atoms with van der Waals surface area (Å²) in [6, 6.07) is 29.7. The molecule has 0 unspecified atom stereocenters. The fourth-order valence-corrected chi connectivity index (χ4v) is 18.1. The number of anilines is 6. The number of ether oxygens (including phenoxy) is 5. The number of hydrogen-bond acceptors (Lipinski definition) is 29. The largest absolute Gasteiger partial charge is 0.443 e. The van der Waals surface area contributed by atoms with Crippen molar-refractivity contribution in [3.8, 4) is 33.8 Å². The molecule has 0 aliphatic carbocycles. The molecule has 726 valence electrons. The van der Waals surface area contributed by atoms with Gasteiger partial charge in [0.1, 0.15) is 75.3 Å². The summed E-state index contributed by atoms with van der Waals surface area (Å²) in [5.74, 6) is -1.44. The van der Waals surface area contributed by atoms with E-state index in [1.807, 2.05) is 43.3 Å². The first-order chi connectivity index (χ1) is 65.7. The lowest BCUT2D eigenvalue weighted by atomic mass is 9.95. The number of imide groups is 3. The molecule has 9 aromatic heterocycles. The highest BCUT2D eigenvalue weighted by Gasteiger charge is 2.44. The van der Waals surface area contributed by atoms with E-state index in [9.17, 15) is 65.7 Å². The highest BCUT2D eigenvalue weighted by Crippen LogP contribution is 2.45. The number of β-amino-alcohol motifs (C(OH)–C–C–N with tert-alkyl or cyclic N) is 2. The fourth-order valence-electron chi connectivity index (χ4n) is 17.8. The monoisotopic (exact) mass is 1910 g/mol. The number of nitrogens with zero attached hydrogens (tertiary/aromatic N) is 13. The smallest absolute Gasteiger partial charge is 0.417 e. The summed E-state index contributed by atoms with van der Waals surface area (Å²) in [5, 5.41) is 51.6. The van der Waals surface area contributed by atoms with Crippen LogP contribution in [0.3, 0.4) is 0 Å². The van der Waals surface area contributed by atoms with E-state index in [1.165, 1.54) is 36.4 Å². The predicted molar refractivity (Wildman–Crippen MR) is 504 cm³/mol. The zero-order valence-electron chi connectivity index (χ0n) is 78.2. The average molecular weight is 1920 g/mol. The fraction of sp³-hybridized carbons (Fsp3) is 0.394. The molecule has 7 aliphatic rings. The van der Waals surface area contributed by atoms with E-state index < -0.39 is 80.4 Å². The number of amides is 6. The number of aliphatic hydroxyl groups is 4. The molecule has 7 aliphatic heterocycles. The van der Waals surface area contributed by atoms with Gasteiger partial charge < -0.3 is 65.4 Å². The number of pyridine rings is 6. The number of hydrogen-bond donors (Lipinski definition) is 8. The molecule has 3 aromatic carbocycles. The molecule has 138 heavy (non-hydrogen) atoms. The maximum Gasteiger partial charge on any atom is 0.417 e. The predicted octanol–water partition coefficient (Wildman–Crippen LogP) is 14.9. The Labute approximate surface area is 793 Å². The van der Waals surface area contributed by atoms with Crippen LogP contribution in [0.2, 0.25) is 0 Å². The Balaban J connectivity index is 0.000000145. The molecule has 35 nitrogen and oxygen atoms in total. The van der Waals surface area contributed by atoms with Crippen LogP contribution in [-0.4, -0.2) is 222 Å². The highest BCUT2D eigenvalue weighted by molar-refractivity contribution is 7.85. The van der Waals surface area contributed by atoms with E-state index in [-0.39, 0.29) is 75.0 Å². The van der Waals surface area contributed by atoms with Crippen LogP contribution >= 0.6 is 0 Å². The van der Waals surface area contributed by atoms with Gasteiger partial charge in [0, 0.05) is 117 Å². The molecule has 5 atom stereocenters. The third-order valence-corrected chi connectivity index (χ3v) is 24.8. The minimum atomic E-state index is -3.74. The molecule has 4 saturated heterocycles. The molecule has 12 aromatic rings. The van der Waals surface area contributed by atoms with Crippen LogP contribution in [0.5, 0.6) is 0 Å². The zero-order valence-corrected chi connectivity index (χ0v) is 79.1. The number of carbonyl (C=O) groups is 6. The first-order valence-corrected chi connectivity index (χ1v) is 47.4. The van der Waals surface area contributed by atoms with Crippen molar-refractivity contribution in [1.82, 2.24) is 68.0 Å². The Bertz CT molecular complexity index is 6790. The molecule has 4 fully saturated rings. The van der Waals surface area contributed by atoms with Crippen molar-refractivity contribution in [2.24, 2.45) is 0 Å². The zero-order chi connectivity index (χ0) is 98.1. The normalized spacial score (nSPS) is 17.8. The standard InChI is InChI=1S/C34H39FN6O5.C31H32FN5O7S.C30H30FN5O5.C4H9NO/c1-5-20(19-42)23-7-9-29(38-27(23)18-39-12-11-22(43)16-39)37-26-8-6-24(28-15-36-30-14-21(35)10-13-40(28)30)25-17-41(32(44)31(25)26)33(45)46-34(2,3)4;1-31(2,3)44-30(39)37-15-22-21(25-14-33-27-13-19(32)9-11-36(25)27)5-7-23(28(22)29(37)38)34-26-8-6-20(18-10-12-42-16-18)24(35-26)17-43-45(4,40)41;1-30(2,3)41-29(39)36-14-21-20(24-13-32-26-12-18(31)8-10-35(24)26)4-6-22(27(21)28(36)38)33-25-7-5-19(23(15-37)34-25)17-9-11-40-16-17;6-4-1-2-5-3-4/h6-10,13-15,20,22,42-43H,5,11-12,16-19H2,1-4H3,(H,37,38);5-9,11,13-14,18H,10,12,15-17H2,1-4H3,(H,34,35);4-8,10,12-13,17,37H,9,11,14-16H2,1-3H3,(H,33,34);4-6H,1-3H2/t20-,22-;18-;17-;4-/m0110/s1. The van der Waals surface area contributed by atoms with Gasteiger partial charge in [-0.15, -0.1) is 0 Å². The number of nitrogens with one attached hydrogen (secondary N) is 4. The van der Waals surface area contributed by atoms with Gasteiger partial charge in [0.25, 0.3) is 27.8 Å². The summed E-state index contributed by atoms with van der Waals surface area (Å²) in [4.78, 5) is 114. The molecule has 16 heterocycles. The minimum Gasteiger partial charge on any atom is -0.443 e. The van der Waals surface area contributed by atoms with Crippen molar-refractivity contribution in [2.75, 3.05) is 81.4 Å². The summed E-state index contributed by atoms with van der Waals surface area (Å²) in [6.45, 7) is 22.9. The number of imidazole rings is 3. The van der Waals surface area contributed by atoms with Gasteiger partial charge in [-0.3, -0.25) is 36.7 Å². The van der Waals surface area contributed by atoms with Crippen molar-refractivity contribution < 1.29 is 98.6 Å². The van der Waals surface area contributed by atoms with Gasteiger partial charge in [-0.1, -0.05) is 43.3 Å². The number of aliphatic hydroxyl groups excluding tert-OH is 4. The number of aromatic nitrogens is 9. The summed E-state index contributed by atoms with van der Waals surface area (Å²) >= 11 is 0. The van der Waals surface area contributed by atoms with Gasteiger partial charge in [-0.2, -0.15) is 8.42 Å². The highest BCUT2D eigenvalue weighted by atomic mass is 32.2. The number of benzene rings is 3. The van der Waals surface area contributed by atoms with Gasteiger partial charge in [0.15, 0.2) is 0 Å². The van der Waals surface area contributed by atoms with Gasteiger partial charge in [0.2, 0.25) is 0 Å². The molecule has 0 saturated carbocycles. The topological polar surface area (TPSA) is 425 Å². The molecule has 0 spiro atoms. The molecule has 6 amide bonds. The Morgan fingerprint density at radius 1 is 0.529 bits per heavy atom. The van der Waals surface area contributed by atoms with Gasteiger partial charge in [-0.25, -0.2) is 72.2 Å². The Morgan fingerprint density at radius 3 is 1.26 bits per heavy atom. The van der Waals surface area contributed by atoms with Gasteiger partial charge in [0.05, 0.1) is 144 Å². The number of halogens is 3. The van der Waals surface area contributed by atoms with E-state index in [0.29, 0.717) is 170 Å². The van der Waals surface area contributed by atoms with Crippen molar-refractivity contribution in [3.05, 3.63) is 231 Å². The first-order valence-electron chi connectivity index (χ1n) is 45.6. The lowest BCUT2D eigenvalue weighted by Gasteiger charge is -2.23. The number of likely N-dealkylation sites (tertiary alicyclic amines) is 1. The van der Waals surface area contributed by atoms with Crippen LogP contribution < -0.4 is 21.3 Å². The Hall–Kier alpha value is -13.2. The molecular formula is C99H110F3N17O18S. The lowest BCUT2D eigenvalue weighted by molar-refractivity contribution is 0.0231. The Kier molecular flexibility index (Phi) is 28.7. The van der Waals surface area contributed by atoms with Crippen molar-refractivity contribution in [1.29, 1.82) is 0 Å². The summed E-state index contributed by atoms with van der Waals surface area (Å²) < 4.78 is 103. The summed E-state index contributed by atoms with van der Waals surface area (Å²) in [6.07, 6.45) is 11.7. The maximum atomic E-state index is 13.9. The molecule has 8 N–H and O–H groups in total. The van der Waals surface area contributed by atoms with Gasteiger partial charge in [-0.05, 0) is 189 Å². The van der Waals surface area contributed by atoms with Crippen LogP contribution in [0.25, 0.3) is 50.7 Å². The molecular weight excluding hydrogens is 1800 g/mol. The van der Waals surface area contributed by atoms with Gasteiger partial charge >= 0.3 is 18.3 Å². The second-order valence-corrected chi connectivity index (χ2v) is 39.4. The van der Waals surface area contributed by atoms with Crippen LogP contribution in [0.4, 0.5) is 62.1 Å². The molecule has 19 rings (SSSR count). The van der Waals surface area contributed by atoms with Crippen molar-refractivity contribution >= 4 is 97.6 Å². The lowest BCUT2D eigenvalue weighted by Crippen LogP contribution is -2.37. The van der Waals surface area contributed by atoms with E-state index >= 15 is 0 Å². The average Bonchev–Trinajstić information content (AvgIpc) is 1.59. The number of carbonyl (C=O) groups excluding carboxylic acids is 6. The molecule has 39 heteroatoms. The van der Waals surface area contributed by atoms with Crippen molar-refractivity contribution in [2.45, 2.75) is 187 Å². The van der Waals surface area contributed by atoms with E-state index in [1.54, 1.807) is 149 Å². The SMILES string of the molecule is CC(C)(C)OC(=O)N1Cc2c(-c3cnc4cc(F)ccn34)ccc(Nc3ccc([C@@H]4CCOC4)c(CO)n3)c2C1=O.CC(C)(C)OC(=O)N1Cc2c(-c3cnc4cc(F)ccn34)ccc(Nc3ccc([C@@H]4CCOC4)c(COS(C)(=O)=O)n3)c2C1=O.CC[C@@H](CO)c1ccc(Nc2ccc(-c3cnc4cc(F)ccn34)c3c2C(=O)N(C(=O)OC(C)(C)C)C3)nc1CN1CC[C@H](O)C1.O[C@H]1CCNC1. The van der Waals surface area contributed by atoms with E-state index in [2.05, 4.69) is 51.1 Å². The van der Waals surface area contributed by atoms with E-state index in [4.69, 9.17) is 38.0 Å². The number of rotatable bonds is 20. The third kappa shape index (κ3) is 22.0. The Morgan fingerprint density at radius 2 is 0.928 bits per heavy atom. The minimum absolute atomic E-state index is 0.0134. The van der Waals surface area contributed by atoms with E-state index in [0.717, 1.165) is 88.7 Å². The third-order valence-electron chi connectivity index (χ3n) is 24.3. The maximum absolute atomic E-state index is 13.9. The first kappa shape index (κ1) is 97.8. The number of fused-ring (bicyclic) bond motifs is 6. The quantitative estimate of drug-likeness (QED) is 0.0259. The molecule has 0 bridgehead atoms. The second-order valence-electron chi connectivity index (χ2n) is 37.7. The van der Waals surface area contributed by atoms with Crippen LogP contribution in [0.15, 0.2) is 146 Å². The summed E-state index contributed by atoms with van der Waals surface area (Å²) in [5.41, 5.74) is 11.0. The van der Waals surface area contributed by atoms with Crippen molar-refractivity contribution in [3.63, 3.8) is 0 Å². The van der Waals surface area contributed by atoms with Crippen LogP contribution in [0.1, 0.15) is 201 Å². The summed E-state index contributed by atoms with van der Waals surface area (Å²) in [7, 11) is -3.74. The second kappa shape index (κ2) is 40.4. The molecule has 0 radical (unpaired) electrons. The van der Waals surface area contributed by atoms with Crippen LogP contribution in [-0.2, 0) is 77.4 Å². The van der Waals surface area contributed by atoms with Crippen LogP contribution in [0, 0.1) is 17.5 Å².